The first-order chi connectivity index (χ1) is 12.4. The summed E-state index contributed by atoms with van der Waals surface area (Å²) in [6.07, 6.45) is 7.33. The highest BCUT2D eigenvalue weighted by molar-refractivity contribution is 7.89. The van der Waals surface area contributed by atoms with E-state index in [1.165, 1.54) is 12.5 Å². The van der Waals surface area contributed by atoms with Crippen molar-refractivity contribution < 1.29 is 13.2 Å². The molecule has 0 spiro atoms. The van der Waals surface area contributed by atoms with Crippen LogP contribution in [0.1, 0.15) is 69.2 Å². The third kappa shape index (κ3) is 4.12. The first-order valence-corrected chi connectivity index (χ1v) is 11.3. The number of nitrogens with one attached hydrogen (secondary N) is 1. The van der Waals surface area contributed by atoms with E-state index in [2.05, 4.69) is 12.2 Å². The lowest BCUT2D eigenvalue weighted by Gasteiger charge is -2.32. The number of benzene rings is 1. The number of piperidine rings is 1. The molecule has 0 bridgehead atoms. The first-order valence-electron chi connectivity index (χ1n) is 9.82. The van der Waals surface area contributed by atoms with Crippen molar-refractivity contribution in [2.24, 2.45) is 5.92 Å². The predicted molar refractivity (Wildman–Crippen MR) is 103 cm³/mol. The van der Waals surface area contributed by atoms with Gasteiger partial charge in [-0.05, 0) is 56.7 Å². The highest BCUT2D eigenvalue weighted by Crippen LogP contribution is 2.26. The molecular weight excluding hydrogens is 348 g/mol. The van der Waals surface area contributed by atoms with Gasteiger partial charge in [-0.1, -0.05) is 32.3 Å². The Morgan fingerprint density at radius 3 is 2.54 bits per heavy atom. The van der Waals surface area contributed by atoms with Gasteiger partial charge in [-0.15, -0.1) is 0 Å². The smallest absolute Gasteiger partial charge is 0.251 e. The second-order valence-corrected chi connectivity index (χ2v) is 9.72. The molecule has 26 heavy (non-hydrogen) atoms. The van der Waals surface area contributed by atoms with Crippen LogP contribution in [0.3, 0.4) is 0 Å². The fraction of sp³-hybridized carbons (Fsp3) is 0.650. The number of amides is 1. The molecule has 1 amide bonds. The van der Waals surface area contributed by atoms with Crippen LogP contribution in [0.5, 0.6) is 0 Å². The molecule has 1 aromatic carbocycles. The van der Waals surface area contributed by atoms with Crippen molar-refractivity contribution in [1.82, 2.24) is 9.62 Å². The van der Waals surface area contributed by atoms with Gasteiger partial charge in [0.15, 0.2) is 0 Å². The van der Waals surface area contributed by atoms with Crippen LogP contribution in [0, 0.1) is 5.92 Å². The monoisotopic (exact) mass is 378 g/mol. The van der Waals surface area contributed by atoms with Crippen molar-refractivity contribution in [3.63, 3.8) is 0 Å². The number of rotatable bonds is 4. The second-order valence-electron chi connectivity index (χ2n) is 7.83. The number of hydrogen-bond acceptors (Lipinski definition) is 3. The first kappa shape index (κ1) is 19.4. The summed E-state index contributed by atoms with van der Waals surface area (Å²) in [5.74, 6) is 0.293. The maximum Gasteiger partial charge on any atom is 0.251 e. The Kier molecular flexibility index (Phi) is 6.03. The van der Waals surface area contributed by atoms with Crippen LogP contribution < -0.4 is 5.32 Å². The third-order valence-corrected chi connectivity index (χ3v) is 7.88. The number of nitrogens with zero attached hydrogens (tertiary/aromatic N) is 1. The summed E-state index contributed by atoms with van der Waals surface area (Å²) < 4.78 is 27.6. The molecule has 1 saturated heterocycles. The van der Waals surface area contributed by atoms with E-state index in [0.29, 0.717) is 18.0 Å². The third-order valence-electron chi connectivity index (χ3n) is 5.87. The van der Waals surface area contributed by atoms with Crippen molar-refractivity contribution in [2.75, 3.05) is 6.54 Å². The second kappa shape index (κ2) is 8.09. The normalized spacial score (nSPS) is 27.8. The van der Waals surface area contributed by atoms with Gasteiger partial charge < -0.3 is 5.32 Å². The van der Waals surface area contributed by atoms with E-state index in [1.54, 1.807) is 22.5 Å². The molecule has 1 saturated carbocycles. The van der Waals surface area contributed by atoms with E-state index in [9.17, 15) is 13.2 Å². The fourth-order valence-electron chi connectivity index (χ4n) is 4.14. The van der Waals surface area contributed by atoms with Gasteiger partial charge in [0.2, 0.25) is 10.0 Å². The van der Waals surface area contributed by atoms with Crippen molar-refractivity contribution >= 4 is 15.9 Å². The Labute approximate surface area is 157 Å². The van der Waals surface area contributed by atoms with Crippen molar-refractivity contribution in [3.05, 3.63) is 29.8 Å². The molecule has 6 heteroatoms. The van der Waals surface area contributed by atoms with Crippen molar-refractivity contribution in [3.8, 4) is 0 Å². The molecule has 1 aliphatic heterocycles. The number of hydrogen-bond donors (Lipinski definition) is 1. The van der Waals surface area contributed by atoms with Gasteiger partial charge in [-0.3, -0.25) is 4.79 Å². The number of carbonyl (C=O) groups is 1. The van der Waals surface area contributed by atoms with Crippen molar-refractivity contribution in [2.45, 2.75) is 75.8 Å². The van der Waals surface area contributed by atoms with Gasteiger partial charge in [-0.2, -0.15) is 4.31 Å². The van der Waals surface area contributed by atoms with Crippen LogP contribution in [-0.2, 0) is 10.0 Å². The molecule has 0 unspecified atom stereocenters. The minimum absolute atomic E-state index is 0.00863. The minimum atomic E-state index is -3.56. The standard InChI is InChI=1S/C20H30N2O3S/c1-15-8-3-4-12-19(15)21-20(23)17-10-7-11-18(14-17)26(24,25)22-13-6-5-9-16(22)2/h7,10-11,14-16,19H,3-6,8-9,12-13H2,1-2H3,(H,21,23)/t15-,16+,19+/m1/s1. The lowest BCUT2D eigenvalue weighted by molar-refractivity contribution is 0.0910. The topological polar surface area (TPSA) is 66.5 Å². The lowest BCUT2D eigenvalue weighted by atomic mass is 9.86. The molecule has 2 aliphatic rings. The van der Waals surface area contributed by atoms with Crippen LogP contribution >= 0.6 is 0 Å². The highest BCUT2D eigenvalue weighted by atomic mass is 32.2. The summed E-state index contributed by atoms with van der Waals surface area (Å²) in [5, 5.41) is 3.10. The maximum absolute atomic E-state index is 13.0. The average molecular weight is 379 g/mol. The van der Waals surface area contributed by atoms with Gasteiger partial charge >= 0.3 is 0 Å². The van der Waals surface area contributed by atoms with E-state index in [1.807, 2.05) is 6.92 Å². The Bertz CT molecular complexity index is 747. The van der Waals surface area contributed by atoms with Gasteiger partial charge in [0.05, 0.1) is 4.90 Å². The van der Waals surface area contributed by atoms with Gasteiger partial charge in [0, 0.05) is 24.2 Å². The average Bonchev–Trinajstić information content (AvgIpc) is 2.64. The predicted octanol–water partition coefficient (Wildman–Crippen LogP) is 3.56. The molecule has 0 radical (unpaired) electrons. The van der Waals surface area contributed by atoms with Gasteiger partial charge in [-0.25, -0.2) is 8.42 Å². The van der Waals surface area contributed by atoms with Gasteiger partial charge in [0.25, 0.3) is 5.91 Å². The van der Waals surface area contributed by atoms with Crippen LogP contribution in [0.25, 0.3) is 0 Å². The van der Waals surface area contributed by atoms with Gasteiger partial charge in [0.1, 0.15) is 0 Å². The van der Waals surface area contributed by atoms with E-state index < -0.39 is 10.0 Å². The maximum atomic E-state index is 13.0. The summed E-state index contributed by atoms with van der Waals surface area (Å²) >= 11 is 0. The molecule has 0 aromatic heterocycles. The number of sulfonamides is 1. The zero-order chi connectivity index (χ0) is 18.7. The van der Waals surface area contributed by atoms with E-state index in [4.69, 9.17) is 0 Å². The molecule has 144 valence electrons. The molecule has 3 rings (SSSR count). The molecule has 1 aromatic rings. The Morgan fingerprint density at radius 1 is 1.08 bits per heavy atom. The van der Waals surface area contributed by atoms with E-state index in [-0.39, 0.29) is 22.9 Å². The number of carbonyl (C=O) groups excluding carboxylic acids is 1. The summed E-state index contributed by atoms with van der Waals surface area (Å²) in [7, 11) is -3.56. The quantitative estimate of drug-likeness (QED) is 0.871. The zero-order valence-corrected chi connectivity index (χ0v) is 16.6. The Morgan fingerprint density at radius 2 is 1.81 bits per heavy atom. The lowest BCUT2D eigenvalue weighted by Crippen LogP contribution is -2.42. The molecule has 1 heterocycles. The largest absolute Gasteiger partial charge is 0.349 e. The SMILES string of the molecule is C[C@@H]1CCCC[C@@H]1NC(=O)c1cccc(S(=O)(=O)N2CCCC[C@@H]2C)c1. The van der Waals surface area contributed by atoms with Crippen LogP contribution in [0.2, 0.25) is 0 Å². The molecular formula is C20H30N2O3S. The summed E-state index contributed by atoms with van der Waals surface area (Å²) in [6.45, 7) is 4.68. The van der Waals surface area contributed by atoms with Crippen molar-refractivity contribution in [1.29, 1.82) is 0 Å². The summed E-state index contributed by atoms with van der Waals surface area (Å²) in [5.41, 5.74) is 0.425. The van der Waals surface area contributed by atoms with E-state index >= 15 is 0 Å². The van der Waals surface area contributed by atoms with Crippen LogP contribution in [0.15, 0.2) is 29.2 Å². The summed E-state index contributed by atoms with van der Waals surface area (Å²) in [6, 6.07) is 6.67. The Balaban J connectivity index is 1.78. The van der Waals surface area contributed by atoms with E-state index in [0.717, 1.165) is 38.5 Å². The highest BCUT2D eigenvalue weighted by Gasteiger charge is 2.31. The Hall–Kier alpha value is -1.40. The van der Waals surface area contributed by atoms with Crippen LogP contribution in [-0.4, -0.2) is 37.3 Å². The molecule has 5 nitrogen and oxygen atoms in total. The minimum Gasteiger partial charge on any atom is -0.349 e. The summed E-state index contributed by atoms with van der Waals surface area (Å²) in [4.78, 5) is 12.9. The molecule has 3 atom stereocenters. The molecule has 2 fully saturated rings. The van der Waals surface area contributed by atoms with Crippen LogP contribution in [0.4, 0.5) is 0 Å². The molecule has 1 N–H and O–H groups in total. The zero-order valence-electron chi connectivity index (χ0n) is 15.8. The molecule has 1 aliphatic carbocycles. The fourth-order valence-corrected chi connectivity index (χ4v) is 5.89.